The van der Waals surface area contributed by atoms with Crippen LogP contribution in [0.4, 0.5) is 8.78 Å². The number of halogens is 2. The third kappa shape index (κ3) is 4.10. The van der Waals surface area contributed by atoms with Crippen molar-refractivity contribution >= 4 is 10.8 Å². The Balaban J connectivity index is 1.82. The first-order valence-electron chi connectivity index (χ1n) is 10.6. The molecule has 26 heavy (non-hydrogen) atoms. The van der Waals surface area contributed by atoms with E-state index in [2.05, 4.69) is 13.8 Å². The maximum absolute atomic E-state index is 15.2. The van der Waals surface area contributed by atoms with Crippen LogP contribution in [0, 0.1) is 17.6 Å². The van der Waals surface area contributed by atoms with Crippen LogP contribution in [0.25, 0.3) is 10.8 Å². The van der Waals surface area contributed by atoms with Crippen molar-refractivity contribution in [2.45, 2.75) is 84.5 Å². The van der Waals surface area contributed by atoms with Crippen LogP contribution in [-0.2, 0) is 19.3 Å². The quantitative estimate of drug-likeness (QED) is 0.406. The van der Waals surface area contributed by atoms with Gasteiger partial charge in [-0.25, -0.2) is 8.78 Å². The third-order valence-corrected chi connectivity index (χ3v) is 5.97. The van der Waals surface area contributed by atoms with Crippen LogP contribution >= 0.6 is 0 Å². The molecule has 0 saturated carbocycles. The highest BCUT2D eigenvalue weighted by molar-refractivity contribution is 5.86. The van der Waals surface area contributed by atoms with E-state index < -0.39 is 0 Å². The van der Waals surface area contributed by atoms with E-state index in [1.165, 1.54) is 32.1 Å². The smallest absolute Gasteiger partial charge is 0.137 e. The highest BCUT2D eigenvalue weighted by Gasteiger charge is 2.27. The molecule has 0 aromatic heterocycles. The second kappa shape index (κ2) is 8.97. The zero-order valence-corrected chi connectivity index (χ0v) is 16.3. The van der Waals surface area contributed by atoms with Gasteiger partial charge in [-0.15, -0.1) is 0 Å². The topological polar surface area (TPSA) is 0 Å². The second-order valence-corrected chi connectivity index (χ2v) is 8.05. The van der Waals surface area contributed by atoms with E-state index >= 15 is 8.78 Å². The molecule has 1 aliphatic rings. The predicted octanol–water partition coefficient (Wildman–Crippen LogP) is 7.54. The normalized spacial score (nSPS) is 16.4. The Kier molecular flexibility index (Phi) is 6.67. The van der Waals surface area contributed by atoms with Crippen LogP contribution in [0.5, 0.6) is 0 Å². The molecule has 142 valence electrons. The highest BCUT2D eigenvalue weighted by Crippen LogP contribution is 2.37. The minimum absolute atomic E-state index is 0.228. The first-order chi connectivity index (χ1) is 12.7. The van der Waals surface area contributed by atoms with Crippen molar-refractivity contribution < 1.29 is 8.78 Å². The SMILES string of the molecule is CCCCCCc1ccc2cc3c(c(F)c2c1F)CC(CCCCC)C3. The molecule has 1 atom stereocenters. The van der Waals surface area contributed by atoms with Crippen molar-refractivity contribution in [1.29, 1.82) is 0 Å². The van der Waals surface area contributed by atoms with Gasteiger partial charge in [-0.3, -0.25) is 0 Å². The Morgan fingerprint density at radius 1 is 0.885 bits per heavy atom. The summed E-state index contributed by atoms with van der Waals surface area (Å²) in [5, 5.41) is 0.955. The summed E-state index contributed by atoms with van der Waals surface area (Å²) in [6.45, 7) is 4.38. The van der Waals surface area contributed by atoms with Crippen LogP contribution in [0.3, 0.4) is 0 Å². The van der Waals surface area contributed by atoms with Gasteiger partial charge in [0.25, 0.3) is 0 Å². The Hall–Kier alpha value is -1.44. The largest absolute Gasteiger partial charge is 0.206 e. The van der Waals surface area contributed by atoms with E-state index in [0.717, 1.165) is 48.6 Å². The minimum Gasteiger partial charge on any atom is -0.206 e. The Morgan fingerprint density at radius 2 is 1.65 bits per heavy atom. The maximum atomic E-state index is 15.2. The lowest BCUT2D eigenvalue weighted by Crippen LogP contribution is -2.00. The monoisotopic (exact) mass is 358 g/mol. The molecule has 0 N–H and O–H groups in total. The molecule has 3 rings (SSSR count). The molecule has 1 aliphatic carbocycles. The van der Waals surface area contributed by atoms with Gasteiger partial charge in [0.05, 0.1) is 5.39 Å². The van der Waals surface area contributed by atoms with Gasteiger partial charge in [0.2, 0.25) is 0 Å². The van der Waals surface area contributed by atoms with Gasteiger partial charge in [0.15, 0.2) is 0 Å². The zero-order chi connectivity index (χ0) is 18.5. The summed E-state index contributed by atoms with van der Waals surface area (Å²) in [5.41, 5.74) is 2.55. The summed E-state index contributed by atoms with van der Waals surface area (Å²) in [6, 6.07) is 5.82. The summed E-state index contributed by atoms with van der Waals surface area (Å²) in [7, 11) is 0. The fourth-order valence-electron chi connectivity index (χ4n) is 4.44. The van der Waals surface area contributed by atoms with Crippen molar-refractivity contribution in [3.63, 3.8) is 0 Å². The van der Waals surface area contributed by atoms with Gasteiger partial charge in [-0.1, -0.05) is 70.6 Å². The average Bonchev–Trinajstić information content (AvgIpc) is 3.04. The van der Waals surface area contributed by atoms with E-state index in [1.54, 1.807) is 0 Å². The van der Waals surface area contributed by atoms with Crippen LogP contribution in [-0.4, -0.2) is 0 Å². The summed E-state index contributed by atoms with van der Waals surface area (Å²) >= 11 is 0. The van der Waals surface area contributed by atoms with E-state index in [1.807, 2.05) is 18.2 Å². The van der Waals surface area contributed by atoms with E-state index in [9.17, 15) is 0 Å². The lowest BCUT2D eigenvalue weighted by molar-refractivity contribution is 0.475. The molecule has 2 heteroatoms. The lowest BCUT2D eigenvalue weighted by Gasteiger charge is -2.11. The number of fused-ring (bicyclic) bond motifs is 2. The van der Waals surface area contributed by atoms with E-state index in [0.29, 0.717) is 17.9 Å². The number of hydrogen-bond acceptors (Lipinski definition) is 0. The summed E-state index contributed by atoms with van der Waals surface area (Å²) in [4.78, 5) is 0. The van der Waals surface area contributed by atoms with Crippen LogP contribution in [0.2, 0.25) is 0 Å². The maximum Gasteiger partial charge on any atom is 0.137 e. The fourth-order valence-corrected chi connectivity index (χ4v) is 4.44. The van der Waals surface area contributed by atoms with E-state index in [4.69, 9.17) is 0 Å². The number of hydrogen-bond donors (Lipinski definition) is 0. The number of unbranched alkanes of at least 4 members (excludes halogenated alkanes) is 5. The molecule has 0 radical (unpaired) electrons. The average molecular weight is 359 g/mol. The molecule has 2 aromatic carbocycles. The molecule has 0 nitrogen and oxygen atoms in total. The molecule has 0 bridgehead atoms. The Labute approximate surface area is 157 Å². The van der Waals surface area contributed by atoms with Crippen LogP contribution in [0.15, 0.2) is 18.2 Å². The Morgan fingerprint density at radius 3 is 2.42 bits per heavy atom. The standard InChI is InChI=1S/C24H32F2/c1-3-5-7-9-11-18-12-13-19-16-20-14-17(10-8-6-4-2)15-21(20)24(26)22(19)23(18)25/h12-13,16-17H,3-11,14-15H2,1-2H3. The van der Waals surface area contributed by atoms with Gasteiger partial charge in [-0.2, -0.15) is 0 Å². The van der Waals surface area contributed by atoms with Crippen molar-refractivity contribution in [3.8, 4) is 0 Å². The fraction of sp³-hybridized carbons (Fsp3) is 0.583. The molecule has 0 amide bonds. The second-order valence-electron chi connectivity index (χ2n) is 8.05. The Bertz CT molecular complexity index is 748. The molecule has 0 aliphatic heterocycles. The zero-order valence-electron chi connectivity index (χ0n) is 16.3. The van der Waals surface area contributed by atoms with Crippen molar-refractivity contribution in [3.05, 3.63) is 46.5 Å². The highest BCUT2D eigenvalue weighted by atomic mass is 19.1. The van der Waals surface area contributed by atoms with Gasteiger partial charge in [-0.05, 0) is 60.1 Å². The van der Waals surface area contributed by atoms with Crippen molar-refractivity contribution in [2.75, 3.05) is 0 Å². The summed E-state index contributed by atoms with van der Waals surface area (Å²) in [6.07, 6.45) is 11.7. The molecule has 0 fully saturated rings. The summed E-state index contributed by atoms with van der Waals surface area (Å²) in [5.74, 6) is -0.0865. The predicted molar refractivity (Wildman–Crippen MR) is 107 cm³/mol. The van der Waals surface area contributed by atoms with Crippen molar-refractivity contribution in [1.82, 2.24) is 0 Å². The molecule has 0 spiro atoms. The number of aryl methyl sites for hydroxylation is 1. The van der Waals surface area contributed by atoms with Gasteiger partial charge >= 0.3 is 0 Å². The van der Waals surface area contributed by atoms with Crippen LogP contribution in [0.1, 0.15) is 81.9 Å². The molecule has 1 unspecified atom stereocenters. The lowest BCUT2D eigenvalue weighted by atomic mass is 9.97. The van der Waals surface area contributed by atoms with Crippen LogP contribution < -0.4 is 0 Å². The molecule has 0 saturated heterocycles. The van der Waals surface area contributed by atoms with Gasteiger partial charge in [0, 0.05) is 0 Å². The molecule has 2 aromatic rings. The first kappa shape index (κ1) is 19.3. The van der Waals surface area contributed by atoms with Crippen molar-refractivity contribution in [2.24, 2.45) is 5.92 Å². The third-order valence-electron chi connectivity index (χ3n) is 5.97. The molecular weight excluding hydrogens is 326 g/mol. The first-order valence-corrected chi connectivity index (χ1v) is 10.6. The molecular formula is C24H32F2. The summed E-state index contributed by atoms with van der Waals surface area (Å²) < 4.78 is 30.2. The number of benzene rings is 2. The van der Waals surface area contributed by atoms with E-state index in [-0.39, 0.29) is 17.0 Å². The van der Waals surface area contributed by atoms with Gasteiger partial charge < -0.3 is 0 Å². The number of rotatable bonds is 9. The molecule has 0 heterocycles. The van der Waals surface area contributed by atoms with Gasteiger partial charge in [0.1, 0.15) is 11.6 Å². The minimum atomic E-state index is -0.325.